The standard InChI is InChI=1S/C14H25N3/c1-4-5-6-7-11(2)17-12(3)16-13-10-15-9-8-14(13)17/h11,15H,4-10H2,1-3H3. The third kappa shape index (κ3) is 2.71. The van der Waals surface area contributed by atoms with Gasteiger partial charge in [0.15, 0.2) is 0 Å². The minimum absolute atomic E-state index is 0.607. The highest BCUT2D eigenvalue weighted by molar-refractivity contribution is 5.20. The average Bonchev–Trinajstić information content (AvgIpc) is 2.65. The molecule has 1 aromatic heterocycles. The summed E-state index contributed by atoms with van der Waals surface area (Å²) >= 11 is 0. The Balaban J connectivity index is 2.11. The molecule has 0 aromatic carbocycles. The summed E-state index contributed by atoms with van der Waals surface area (Å²) in [6.45, 7) is 8.80. The molecular formula is C14H25N3. The van der Waals surface area contributed by atoms with Crippen molar-refractivity contribution in [1.82, 2.24) is 14.9 Å². The minimum atomic E-state index is 0.607. The Bertz CT molecular complexity index is 368. The zero-order chi connectivity index (χ0) is 12.3. The van der Waals surface area contributed by atoms with Crippen LogP contribution in [0, 0.1) is 6.92 Å². The van der Waals surface area contributed by atoms with E-state index in [0.29, 0.717) is 6.04 Å². The van der Waals surface area contributed by atoms with E-state index in [4.69, 9.17) is 4.98 Å². The van der Waals surface area contributed by atoms with Gasteiger partial charge in [0, 0.05) is 31.2 Å². The van der Waals surface area contributed by atoms with Crippen LogP contribution in [-0.4, -0.2) is 16.1 Å². The fraction of sp³-hybridized carbons (Fsp3) is 0.786. The molecular weight excluding hydrogens is 210 g/mol. The molecule has 3 heteroatoms. The second kappa shape index (κ2) is 5.67. The summed E-state index contributed by atoms with van der Waals surface area (Å²) in [6, 6.07) is 0.607. The second-order valence-corrected chi connectivity index (χ2v) is 5.19. The molecule has 96 valence electrons. The van der Waals surface area contributed by atoms with Crippen molar-refractivity contribution >= 4 is 0 Å². The van der Waals surface area contributed by atoms with Gasteiger partial charge in [-0.2, -0.15) is 0 Å². The van der Waals surface area contributed by atoms with Crippen LogP contribution in [0.2, 0.25) is 0 Å². The maximum atomic E-state index is 4.70. The molecule has 0 radical (unpaired) electrons. The second-order valence-electron chi connectivity index (χ2n) is 5.19. The van der Waals surface area contributed by atoms with E-state index in [0.717, 1.165) is 19.5 Å². The third-order valence-electron chi connectivity index (χ3n) is 3.77. The summed E-state index contributed by atoms with van der Waals surface area (Å²) < 4.78 is 2.48. The number of hydrogen-bond donors (Lipinski definition) is 1. The van der Waals surface area contributed by atoms with Crippen molar-refractivity contribution in [3.8, 4) is 0 Å². The van der Waals surface area contributed by atoms with Gasteiger partial charge in [-0.1, -0.05) is 26.2 Å². The number of imidazole rings is 1. The zero-order valence-corrected chi connectivity index (χ0v) is 11.4. The molecule has 0 fully saturated rings. The zero-order valence-electron chi connectivity index (χ0n) is 11.4. The minimum Gasteiger partial charge on any atom is -0.329 e. The van der Waals surface area contributed by atoms with Gasteiger partial charge in [0.2, 0.25) is 0 Å². The van der Waals surface area contributed by atoms with Gasteiger partial charge in [-0.3, -0.25) is 0 Å². The predicted octanol–water partition coefficient (Wildman–Crippen LogP) is 2.98. The summed E-state index contributed by atoms with van der Waals surface area (Å²) in [5.41, 5.74) is 2.75. The molecule has 1 aliphatic heterocycles. The Morgan fingerprint density at radius 1 is 1.41 bits per heavy atom. The largest absolute Gasteiger partial charge is 0.329 e. The monoisotopic (exact) mass is 235 g/mol. The van der Waals surface area contributed by atoms with Crippen molar-refractivity contribution < 1.29 is 0 Å². The van der Waals surface area contributed by atoms with Gasteiger partial charge in [-0.15, -0.1) is 0 Å². The summed E-state index contributed by atoms with van der Waals surface area (Å²) in [7, 11) is 0. The molecule has 0 bridgehead atoms. The number of fused-ring (bicyclic) bond motifs is 1. The van der Waals surface area contributed by atoms with Crippen molar-refractivity contribution in [2.75, 3.05) is 6.54 Å². The van der Waals surface area contributed by atoms with E-state index < -0.39 is 0 Å². The molecule has 1 atom stereocenters. The number of aryl methyl sites for hydroxylation is 1. The molecule has 0 spiro atoms. The first-order chi connectivity index (χ1) is 8.24. The van der Waals surface area contributed by atoms with E-state index in [2.05, 4.69) is 30.7 Å². The summed E-state index contributed by atoms with van der Waals surface area (Å²) in [6.07, 6.45) is 6.40. The van der Waals surface area contributed by atoms with Gasteiger partial charge < -0.3 is 9.88 Å². The van der Waals surface area contributed by atoms with Crippen LogP contribution in [0.25, 0.3) is 0 Å². The van der Waals surface area contributed by atoms with Gasteiger partial charge >= 0.3 is 0 Å². The van der Waals surface area contributed by atoms with Gasteiger partial charge in [-0.05, 0) is 20.3 Å². The molecule has 1 aromatic rings. The van der Waals surface area contributed by atoms with Crippen LogP contribution in [-0.2, 0) is 13.0 Å². The highest BCUT2D eigenvalue weighted by Crippen LogP contribution is 2.24. The number of nitrogens with zero attached hydrogens (tertiary/aromatic N) is 2. The lowest BCUT2D eigenvalue weighted by atomic mass is 10.1. The lowest BCUT2D eigenvalue weighted by Gasteiger charge is -2.21. The first-order valence-electron chi connectivity index (χ1n) is 7.01. The van der Waals surface area contributed by atoms with Gasteiger partial charge in [0.05, 0.1) is 5.69 Å². The number of rotatable bonds is 5. The first-order valence-corrected chi connectivity index (χ1v) is 7.01. The van der Waals surface area contributed by atoms with Crippen LogP contribution in [0.4, 0.5) is 0 Å². The average molecular weight is 235 g/mol. The van der Waals surface area contributed by atoms with Crippen LogP contribution < -0.4 is 5.32 Å². The number of unbranched alkanes of at least 4 members (excludes halogenated alkanes) is 2. The van der Waals surface area contributed by atoms with Crippen molar-refractivity contribution in [3.63, 3.8) is 0 Å². The van der Waals surface area contributed by atoms with E-state index >= 15 is 0 Å². The first kappa shape index (κ1) is 12.6. The van der Waals surface area contributed by atoms with Gasteiger partial charge in [0.25, 0.3) is 0 Å². The van der Waals surface area contributed by atoms with Crippen molar-refractivity contribution in [1.29, 1.82) is 0 Å². The van der Waals surface area contributed by atoms with Gasteiger partial charge in [-0.25, -0.2) is 4.98 Å². The van der Waals surface area contributed by atoms with E-state index in [1.54, 1.807) is 0 Å². The Kier molecular flexibility index (Phi) is 4.21. The van der Waals surface area contributed by atoms with E-state index in [-0.39, 0.29) is 0 Å². The fourth-order valence-electron chi connectivity index (χ4n) is 2.87. The molecule has 2 rings (SSSR count). The van der Waals surface area contributed by atoms with Crippen molar-refractivity contribution in [2.45, 2.75) is 65.5 Å². The SMILES string of the molecule is CCCCCC(C)n1c(C)nc2c1CCNC2. The molecule has 0 saturated heterocycles. The molecule has 3 nitrogen and oxygen atoms in total. The number of hydrogen-bond acceptors (Lipinski definition) is 2. The molecule has 2 heterocycles. The molecule has 0 amide bonds. The Morgan fingerprint density at radius 2 is 2.24 bits per heavy atom. The van der Waals surface area contributed by atoms with Crippen LogP contribution in [0.5, 0.6) is 0 Å². The van der Waals surface area contributed by atoms with Crippen molar-refractivity contribution in [3.05, 3.63) is 17.2 Å². The molecule has 1 unspecified atom stereocenters. The third-order valence-corrected chi connectivity index (χ3v) is 3.77. The fourth-order valence-corrected chi connectivity index (χ4v) is 2.87. The quantitative estimate of drug-likeness (QED) is 0.795. The number of aromatic nitrogens is 2. The Hall–Kier alpha value is -0.830. The number of nitrogens with one attached hydrogen (secondary N) is 1. The smallest absolute Gasteiger partial charge is 0.106 e. The normalized spacial score (nSPS) is 16.9. The maximum absolute atomic E-state index is 4.70. The molecule has 1 N–H and O–H groups in total. The predicted molar refractivity (Wildman–Crippen MR) is 71.2 cm³/mol. The lowest BCUT2D eigenvalue weighted by Crippen LogP contribution is -2.25. The molecule has 0 aliphatic carbocycles. The molecule has 0 saturated carbocycles. The van der Waals surface area contributed by atoms with Crippen LogP contribution in [0.1, 0.15) is 62.8 Å². The molecule has 17 heavy (non-hydrogen) atoms. The summed E-state index contributed by atoms with van der Waals surface area (Å²) in [5, 5.41) is 3.40. The van der Waals surface area contributed by atoms with Crippen molar-refractivity contribution in [2.24, 2.45) is 0 Å². The Morgan fingerprint density at radius 3 is 3.00 bits per heavy atom. The van der Waals surface area contributed by atoms with E-state index in [9.17, 15) is 0 Å². The summed E-state index contributed by atoms with van der Waals surface area (Å²) in [4.78, 5) is 4.70. The van der Waals surface area contributed by atoms with E-state index in [1.165, 1.54) is 42.9 Å². The van der Waals surface area contributed by atoms with E-state index in [1.807, 2.05) is 0 Å². The Labute approximate surface area is 105 Å². The lowest BCUT2D eigenvalue weighted by molar-refractivity contribution is 0.450. The molecule has 1 aliphatic rings. The summed E-state index contributed by atoms with van der Waals surface area (Å²) in [5.74, 6) is 1.20. The maximum Gasteiger partial charge on any atom is 0.106 e. The topological polar surface area (TPSA) is 29.9 Å². The van der Waals surface area contributed by atoms with Crippen LogP contribution in [0.3, 0.4) is 0 Å². The highest BCUT2D eigenvalue weighted by atomic mass is 15.1. The highest BCUT2D eigenvalue weighted by Gasteiger charge is 2.20. The van der Waals surface area contributed by atoms with Gasteiger partial charge in [0.1, 0.15) is 5.82 Å². The van der Waals surface area contributed by atoms with Crippen LogP contribution >= 0.6 is 0 Å². The van der Waals surface area contributed by atoms with Crippen LogP contribution in [0.15, 0.2) is 0 Å².